The van der Waals surface area contributed by atoms with Crippen molar-refractivity contribution < 1.29 is 8.42 Å². The van der Waals surface area contributed by atoms with E-state index >= 15 is 0 Å². The lowest BCUT2D eigenvalue weighted by Gasteiger charge is -2.10. The van der Waals surface area contributed by atoms with E-state index in [1.807, 2.05) is 0 Å². The smallest absolute Gasteiger partial charge is 0.210 e. The maximum absolute atomic E-state index is 10.6. The molecule has 0 amide bonds. The zero-order chi connectivity index (χ0) is 7.49. The van der Waals surface area contributed by atoms with E-state index in [0.717, 1.165) is 4.43 Å². The molecule has 0 rings (SSSR count). The van der Waals surface area contributed by atoms with E-state index in [1.54, 1.807) is 7.05 Å². The van der Waals surface area contributed by atoms with Crippen LogP contribution in [0, 0.1) is 0 Å². The van der Waals surface area contributed by atoms with E-state index in [0.29, 0.717) is 6.54 Å². The van der Waals surface area contributed by atoms with Crippen LogP contribution in [0.15, 0.2) is 0 Å². The molecule has 0 aliphatic carbocycles. The summed E-state index contributed by atoms with van der Waals surface area (Å²) < 4.78 is 23.5. The predicted octanol–water partition coefficient (Wildman–Crippen LogP) is 0.313. The van der Waals surface area contributed by atoms with Gasteiger partial charge in [-0.05, 0) is 0 Å². The van der Waals surface area contributed by atoms with Crippen molar-refractivity contribution in [3.05, 3.63) is 0 Å². The lowest BCUT2D eigenvalue weighted by Crippen LogP contribution is -2.27. The van der Waals surface area contributed by atoms with Gasteiger partial charge in [0.05, 0.1) is 6.26 Å². The Labute approximate surface area is 69.6 Å². The summed E-state index contributed by atoms with van der Waals surface area (Å²) in [4.78, 5) is 0. The van der Waals surface area contributed by atoms with Crippen molar-refractivity contribution in [1.29, 1.82) is 0 Å². The fourth-order valence-corrected chi connectivity index (χ4v) is 1.76. The zero-order valence-corrected chi connectivity index (χ0v) is 8.44. The Bertz CT molecular complexity index is 165. The molecule has 0 aromatic rings. The second kappa shape index (κ2) is 3.72. The molecule has 0 aromatic heterocycles. The molecular weight excluding hydrogens is 253 g/mol. The maximum atomic E-state index is 10.6. The van der Waals surface area contributed by atoms with Crippen LogP contribution in [0.5, 0.6) is 0 Å². The Morgan fingerprint density at radius 1 is 1.56 bits per heavy atom. The van der Waals surface area contributed by atoms with E-state index in [2.05, 4.69) is 22.6 Å². The SMILES string of the molecule is CN(CCI)S(C)(=O)=O. The van der Waals surface area contributed by atoms with E-state index in [1.165, 1.54) is 10.6 Å². The van der Waals surface area contributed by atoms with E-state index in [-0.39, 0.29) is 0 Å². The van der Waals surface area contributed by atoms with Crippen LogP contribution < -0.4 is 0 Å². The minimum absolute atomic E-state index is 0.597. The van der Waals surface area contributed by atoms with Crippen LogP contribution in [0.1, 0.15) is 0 Å². The van der Waals surface area contributed by atoms with E-state index < -0.39 is 10.0 Å². The summed E-state index contributed by atoms with van der Waals surface area (Å²) in [5, 5.41) is 0. The maximum Gasteiger partial charge on any atom is 0.210 e. The molecular formula is C4H10INO2S. The molecule has 0 unspecified atom stereocenters. The van der Waals surface area contributed by atoms with Crippen molar-refractivity contribution in [3.8, 4) is 0 Å². The van der Waals surface area contributed by atoms with Gasteiger partial charge in [-0.2, -0.15) is 0 Å². The second-order valence-corrected chi connectivity index (χ2v) is 4.94. The number of hydrogen-bond donors (Lipinski definition) is 0. The van der Waals surface area contributed by atoms with Crippen molar-refractivity contribution in [2.75, 3.05) is 24.3 Å². The third-order valence-electron chi connectivity index (χ3n) is 0.966. The number of alkyl halides is 1. The number of rotatable bonds is 3. The predicted molar refractivity (Wildman–Crippen MR) is 46.4 cm³/mol. The largest absolute Gasteiger partial charge is 0.213 e. The molecule has 5 heteroatoms. The Balaban J connectivity index is 3.90. The summed E-state index contributed by atoms with van der Waals surface area (Å²) in [6.07, 6.45) is 1.21. The first kappa shape index (κ1) is 9.64. The average molecular weight is 263 g/mol. The molecule has 0 N–H and O–H groups in total. The van der Waals surface area contributed by atoms with Crippen molar-refractivity contribution in [2.45, 2.75) is 0 Å². The molecule has 0 heterocycles. The highest BCUT2D eigenvalue weighted by molar-refractivity contribution is 14.1. The lowest BCUT2D eigenvalue weighted by atomic mass is 10.8. The molecule has 0 saturated heterocycles. The normalized spacial score (nSPS) is 12.4. The van der Waals surface area contributed by atoms with Crippen LogP contribution in [-0.4, -0.2) is 37.0 Å². The molecule has 3 nitrogen and oxygen atoms in total. The summed E-state index contributed by atoms with van der Waals surface area (Å²) in [5.41, 5.74) is 0. The van der Waals surface area contributed by atoms with Gasteiger partial charge in [-0.15, -0.1) is 0 Å². The van der Waals surface area contributed by atoms with Gasteiger partial charge in [0.2, 0.25) is 10.0 Å². The average Bonchev–Trinajstić information content (AvgIpc) is 1.64. The first-order chi connectivity index (χ1) is 3.98. The van der Waals surface area contributed by atoms with Crippen molar-refractivity contribution in [1.82, 2.24) is 4.31 Å². The third-order valence-corrected chi connectivity index (χ3v) is 2.76. The Morgan fingerprint density at radius 2 is 2.00 bits per heavy atom. The van der Waals surface area contributed by atoms with Crippen molar-refractivity contribution >= 4 is 32.6 Å². The summed E-state index contributed by atoms with van der Waals surface area (Å²) >= 11 is 2.14. The topological polar surface area (TPSA) is 37.4 Å². The fraction of sp³-hybridized carbons (Fsp3) is 1.00. The van der Waals surface area contributed by atoms with Crippen molar-refractivity contribution in [2.24, 2.45) is 0 Å². The highest BCUT2D eigenvalue weighted by Crippen LogP contribution is 1.93. The standard InChI is InChI=1S/C4H10INO2S/c1-6(4-3-5)9(2,7)8/h3-4H2,1-2H3. The van der Waals surface area contributed by atoms with Crippen LogP contribution in [-0.2, 0) is 10.0 Å². The van der Waals surface area contributed by atoms with Crippen LogP contribution in [0.4, 0.5) is 0 Å². The third kappa shape index (κ3) is 4.10. The Morgan fingerprint density at radius 3 is 2.11 bits per heavy atom. The molecule has 0 fully saturated rings. The second-order valence-electron chi connectivity index (χ2n) is 1.77. The lowest BCUT2D eigenvalue weighted by molar-refractivity contribution is 0.496. The van der Waals surface area contributed by atoms with Gasteiger partial charge in [0.25, 0.3) is 0 Å². The first-order valence-corrected chi connectivity index (χ1v) is 5.83. The van der Waals surface area contributed by atoms with Crippen molar-refractivity contribution in [3.63, 3.8) is 0 Å². The molecule has 56 valence electrons. The highest BCUT2D eigenvalue weighted by Gasteiger charge is 2.07. The fourth-order valence-electron chi connectivity index (χ4n) is 0.285. The first-order valence-electron chi connectivity index (χ1n) is 2.45. The monoisotopic (exact) mass is 263 g/mol. The molecule has 0 aliphatic rings. The molecule has 0 aromatic carbocycles. The van der Waals surface area contributed by atoms with Crippen LogP contribution >= 0.6 is 22.6 Å². The van der Waals surface area contributed by atoms with E-state index in [9.17, 15) is 8.42 Å². The van der Waals surface area contributed by atoms with Gasteiger partial charge in [-0.25, -0.2) is 12.7 Å². The summed E-state index contributed by atoms with van der Waals surface area (Å²) in [6, 6.07) is 0. The van der Waals surface area contributed by atoms with Crippen LogP contribution in [0.25, 0.3) is 0 Å². The quantitative estimate of drug-likeness (QED) is 0.543. The Kier molecular flexibility index (Phi) is 3.99. The van der Waals surface area contributed by atoms with Crippen LogP contribution in [0.3, 0.4) is 0 Å². The van der Waals surface area contributed by atoms with Gasteiger partial charge in [-0.3, -0.25) is 0 Å². The minimum atomic E-state index is -2.94. The van der Waals surface area contributed by atoms with Gasteiger partial charge in [0.15, 0.2) is 0 Å². The van der Waals surface area contributed by atoms with Crippen LogP contribution in [0.2, 0.25) is 0 Å². The van der Waals surface area contributed by atoms with Gasteiger partial charge < -0.3 is 0 Å². The number of sulfonamides is 1. The number of hydrogen-bond acceptors (Lipinski definition) is 2. The highest BCUT2D eigenvalue weighted by atomic mass is 127. The number of halogens is 1. The van der Waals surface area contributed by atoms with Gasteiger partial charge in [0, 0.05) is 18.0 Å². The summed E-state index contributed by atoms with van der Waals surface area (Å²) in [5.74, 6) is 0. The molecule has 0 spiro atoms. The number of nitrogens with zero attached hydrogens (tertiary/aromatic N) is 1. The minimum Gasteiger partial charge on any atom is -0.213 e. The van der Waals surface area contributed by atoms with Gasteiger partial charge in [-0.1, -0.05) is 22.6 Å². The molecule has 0 radical (unpaired) electrons. The molecule has 9 heavy (non-hydrogen) atoms. The summed E-state index contributed by atoms with van der Waals surface area (Å²) in [6.45, 7) is 0.597. The summed E-state index contributed by atoms with van der Waals surface area (Å²) in [7, 11) is -1.36. The zero-order valence-electron chi connectivity index (χ0n) is 5.46. The van der Waals surface area contributed by atoms with E-state index in [4.69, 9.17) is 0 Å². The van der Waals surface area contributed by atoms with Gasteiger partial charge in [0.1, 0.15) is 0 Å². The molecule has 0 bridgehead atoms. The van der Waals surface area contributed by atoms with Gasteiger partial charge >= 0.3 is 0 Å². The molecule has 0 saturated carbocycles. The molecule has 0 atom stereocenters. The Hall–Kier alpha value is 0.640. The molecule has 0 aliphatic heterocycles.